The molecule has 1 amide bonds. The third-order valence-electron chi connectivity index (χ3n) is 4.74. The number of benzene rings is 1. The van der Waals surface area contributed by atoms with Gasteiger partial charge >= 0.3 is 0 Å². The molecule has 2 aromatic rings. The quantitative estimate of drug-likeness (QED) is 0.911. The zero-order valence-electron chi connectivity index (χ0n) is 14.7. The summed E-state index contributed by atoms with van der Waals surface area (Å²) in [6.45, 7) is 7.13. The molecule has 3 N–H and O–H groups in total. The number of hydrogen-bond acceptors (Lipinski definition) is 3. The van der Waals surface area contributed by atoms with Crippen molar-refractivity contribution in [3.8, 4) is 11.1 Å². The van der Waals surface area contributed by atoms with Crippen molar-refractivity contribution in [3.05, 3.63) is 41.7 Å². The van der Waals surface area contributed by atoms with Crippen LogP contribution in [-0.2, 0) is 4.79 Å². The molecule has 5 heteroatoms. The maximum Gasteiger partial charge on any atom is 0.242 e. The minimum absolute atomic E-state index is 0.0319. The fourth-order valence-corrected chi connectivity index (χ4v) is 3.43. The summed E-state index contributed by atoms with van der Waals surface area (Å²) >= 11 is 0. The Bertz CT molecular complexity index is 721. The number of aromatic amines is 1. The van der Waals surface area contributed by atoms with Crippen molar-refractivity contribution in [2.75, 3.05) is 13.1 Å². The molecule has 2 heterocycles. The van der Waals surface area contributed by atoms with E-state index in [1.807, 2.05) is 11.1 Å². The lowest BCUT2D eigenvalue weighted by molar-refractivity contribution is -0.136. The van der Waals surface area contributed by atoms with E-state index in [4.69, 9.17) is 5.73 Å². The van der Waals surface area contributed by atoms with Crippen LogP contribution in [0.2, 0.25) is 0 Å². The molecule has 5 nitrogen and oxygen atoms in total. The largest absolute Gasteiger partial charge is 0.341 e. The number of likely N-dealkylation sites (tertiary alicyclic amines) is 1. The summed E-state index contributed by atoms with van der Waals surface area (Å²) in [5, 5.41) is 7.46. The van der Waals surface area contributed by atoms with Crippen LogP contribution in [0.3, 0.4) is 0 Å². The summed E-state index contributed by atoms with van der Waals surface area (Å²) < 4.78 is 0. The van der Waals surface area contributed by atoms with Crippen LogP contribution >= 0.6 is 0 Å². The van der Waals surface area contributed by atoms with E-state index in [9.17, 15) is 4.79 Å². The van der Waals surface area contributed by atoms with Gasteiger partial charge in [-0.05, 0) is 39.2 Å². The average molecular weight is 326 g/mol. The number of piperidine rings is 1. The molecule has 0 radical (unpaired) electrons. The molecule has 1 aliphatic rings. The van der Waals surface area contributed by atoms with Crippen LogP contribution in [0.15, 0.2) is 30.5 Å². The molecular weight excluding hydrogens is 300 g/mol. The fraction of sp³-hybridized carbons (Fsp3) is 0.474. The number of nitrogens with zero attached hydrogens (tertiary/aromatic N) is 2. The van der Waals surface area contributed by atoms with Crippen LogP contribution < -0.4 is 5.73 Å². The minimum Gasteiger partial charge on any atom is -0.341 e. The number of carbonyl (C=O) groups is 1. The van der Waals surface area contributed by atoms with E-state index >= 15 is 0 Å². The van der Waals surface area contributed by atoms with Gasteiger partial charge in [-0.2, -0.15) is 5.10 Å². The number of nitrogens with two attached hydrogens (primary N) is 1. The summed E-state index contributed by atoms with van der Waals surface area (Å²) in [6, 6.07) is 8.48. The van der Waals surface area contributed by atoms with E-state index < -0.39 is 5.54 Å². The van der Waals surface area contributed by atoms with Gasteiger partial charge in [-0.1, -0.05) is 29.8 Å². The second-order valence-electron chi connectivity index (χ2n) is 7.35. The SMILES string of the molecule is Cc1cccc(-c2cn[nH]c2C2CCN(C(=O)C(C)(C)N)CC2)c1. The van der Waals surface area contributed by atoms with Gasteiger partial charge in [0.2, 0.25) is 5.91 Å². The first-order valence-electron chi connectivity index (χ1n) is 8.55. The van der Waals surface area contributed by atoms with Crippen LogP contribution in [-0.4, -0.2) is 39.6 Å². The molecule has 128 valence electrons. The first kappa shape index (κ1) is 16.7. The number of nitrogens with one attached hydrogen (secondary N) is 1. The van der Waals surface area contributed by atoms with Crippen molar-refractivity contribution in [2.45, 2.75) is 45.1 Å². The Labute approximate surface area is 143 Å². The second-order valence-corrected chi connectivity index (χ2v) is 7.35. The lowest BCUT2D eigenvalue weighted by atomic mass is 9.88. The second kappa shape index (κ2) is 6.40. The van der Waals surface area contributed by atoms with Crippen LogP contribution in [0.4, 0.5) is 0 Å². The van der Waals surface area contributed by atoms with Crippen molar-refractivity contribution in [3.63, 3.8) is 0 Å². The highest BCUT2D eigenvalue weighted by Crippen LogP contribution is 2.34. The monoisotopic (exact) mass is 326 g/mol. The standard InChI is InChI=1S/C19H26N4O/c1-13-5-4-6-15(11-13)16-12-21-22-17(16)14-7-9-23(10-8-14)18(24)19(2,3)20/h4-6,11-12,14H,7-10,20H2,1-3H3,(H,21,22). The Kier molecular flexibility index (Phi) is 4.45. The third-order valence-corrected chi connectivity index (χ3v) is 4.74. The molecule has 1 fully saturated rings. The molecule has 0 saturated carbocycles. The molecule has 3 rings (SSSR count). The summed E-state index contributed by atoms with van der Waals surface area (Å²) in [4.78, 5) is 14.2. The minimum atomic E-state index is -0.798. The lowest BCUT2D eigenvalue weighted by Crippen LogP contribution is -2.53. The van der Waals surface area contributed by atoms with E-state index in [-0.39, 0.29) is 5.91 Å². The van der Waals surface area contributed by atoms with Crippen LogP contribution in [0.25, 0.3) is 11.1 Å². The van der Waals surface area contributed by atoms with Crippen molar-refractivity contribution in [1.82, 2.24) is 15.1 Å². The zero-order chi connectivity index (χ0) is 17.3. The van der Waals surface area contributed by atoms with Gasteiger partial charge in [0.05, 0.1) is 11.7 Å². The predicted molar refractivity (Wildman–Crippen MR) is 95.6 cm³/mol. The number of H-pyrrole nitrogens is 1. The third kappa shape index (κ3) is 3.36. The molecule has 0 spiro atoms. The highest BCUT2D eigenvalue weighted by atomic mass is 16.2. The van der Waals surface area contributed by atoms with Gasteiger partial charge in [0, 0.05) is 30.3 Å². The molecular formula is C19H26N4O. The lowest BCUT2D eigenvalue weighted by Gasteiger charge is -2.35. The van der Waals surface area contributed by atoms with Gasteiger partial charge in [-0.3, -0.25) is 9.89 Å². The van der Waals surface area contributed by atoms with Gasteiger partial charge in [0.15, 0.2) is 0 Å². The van der Waals surface area contributed by atoms with Crippen LogP contribution in [0, 0.1) is 6.92 Å². The molecule has 0 atom stereocenters. The molecule has 1 aromatic heterocycles. The van der Waals surface area contributed by atoms with E-state index in [1.165, 1.54) is 22.4 Å². The van der Waals surface area contributed by atoms with Gasteiger partial charge in [-0.15, -0.1) is 0 Å². The Morgan fingerprint density at radius 1 is 1.33 bits per heavy atom. The average Bonchev–Trinajstić information content (AvgIpc) is 3.03. The molecule has 1 aromatic carbocycles. The Morgan fingerprint density at radius 3 is 2.67 bits per heavy atom. The van der Waals surface area contributed by atoms with E-state index in [1.54, 1.807) is 13.8 Å². The van der Waals surface area contributed by atoms with Gasteiger partial charge in [-0.25, -0.2) is 0 Å². The first-order valence-corrected chi connectivity index (χ1v) is 8.55. The number of amides is 1. The highest BCUT2D eigenvalue weighted by Gasteiger charge is 2.32. The van der Waals surface area contributed by atoms with Crippen LogP contribution in [0.5, 0.6) is 0 Å². The normalized spacial score (nSPS) is 16.4. The predicted octanol–water partition coefficient (Wildman–Crippen LogP) is 2.83. The number of aryl methyl sites for hydroxylation is 1. The van der Waals surface area contributed by atoms with Crippen molar-refractivity contribution in [2.24, 2.45) is 5.73 Å². The Morgan fingerprint density at radius 2 is 2.04 bits per heavy atom. The van der Waals surface area contributed by atoms with Crippen molar-refractivity contribution >= 4 is 5.91 Å². The smallest absolute Gasteiger partial charge is 0.242 e. The number of aromatic nitrogens is 2. The summed E-state index contributed by atoms with van der Waals surface area (Å²) in [6.07, 6.45) is 3.77. The van der Waals surface area contributed by atoms with E-state index in [0.717, 1.165) is 25.9 Å². The van der Waals surface area contributed by atoms with Gasteiger partial charge < -0.3 is 10.6 Å². The highest BCUT2D eigenvalue weighted by molar-refractivity contribution is 5.85. The Hall–Kier alpha value is -2.14. The molecule has 0 bridgehead atoms. The topological polar surface area (TPSA) is 75.0 Å². The summed E-state index contributed by atoms with van der Waals surface area (Å²) in [5.74, 6) is 0.428. The van der Waals surface area contributed by atoms with Crippen molar-refractivity contribution in [1.29, 1.82) is 0 Å². The molecule has 0 aliphatic carbocycles. The summed E-state index contributed by atoms with van der Waals surface area (Å²) in [5.41, 5.74) is 9.93. The maximum atomic E-state index is 12.3. The molecule has 1 saturated heterocycles. The van der Waals surface area contributed by atoms with Crippen LogP contribution in [0.1, 0.15) is 43.9 Å². The molecule has 1 aliphatic heterocycles. The molecule has 0 unspecified atom stereocenters. The van der Waals surface area contributed by atoms with Gasteiger partial charge in [0.1, 0.15) is 0 Å². The van der Waals surface area contributed by atoms with Gasteiger partial charge in [0.25, 0.3) is 0 Å². The summed E-state index contributed by atoms with van der Waals surface area (Å²) in [7, 11) is 0. The Balaban J connectivity index is 1.74. The molecule has 24 heavy (non-hydrogen) atoms. The fourth-order valence-electron chi connectivity index (χ4n) is 3.43. The van der Waals surface area contributed by atoms with E-state index in [0.29, 0.717) is 5.92 Å². The van der Waals surface area contributed by atoms with Crippen molar-refractivity contribution < 1.29 is 4.79 Å². The maximum absolute atomic E-state index is 12.3. The number of hydrogen-bond donors (Lipinski definition) is 2. The number of rotatable bonds is 3. The van der Waals surface area contributed by atoms with E-state index in [2.05, 4.69) is 41.4 Å². The number of carbonyl (C=O) groups excluding carboxylic acids is 1. The first-order chi connectivity index (χ1) is 11.4. The zero-order valence-corrected chi connectivity index (χ0v) is 14.7.